The van der Waals surface area contributed by atoms with Gasteiger partial charge in [0.25, 0.3) is 0 Å². The Balaban J connectivity index is 1.76. The van der Waals surface area contributed by atoms with E-state index in [1.54, 1.807) is 25.1 Å². The number of methoxy groups -OCH3 is 2. The van der Waals surface area contributed by atoms with Crippen molar-refractivity contribution in [2.75, 3.05) is 14.2 Å². The van der Waals surface area contributed by atoms with E-state index in [-0.39, 0.29) is 0 Å². The summed E-state index contributed by atoms with van der Waals surface area (Å²) in [6.07, 6.45) is 7.58. The maximum absolute atomic E-state index is 5.61. The molecule has 4 rings (SSSR count). The number of pyridine rings is 1. The second kappa shape index (κ2) is 7.60. The molecule has 3 aromatic heterocycles. The van der Waals surface area contributed by atoms with Crippen LogP contribution in [0.15, 0.2) is 67.3 Å². The van der Waals surface area contributed by atoms with Gasteiger partial charge >= 0.3 is 0 Å². The van der Waals surface area contributed by atoms with Crippen molar-refractivity contribution >= 4 is 0 Å². The van der Waals surface area contributed by atoms with E-state index in [1.807, 2.05) is 48.8 Å². The second-order valence-electron chi connectivity index (χ2n) is 6.54. The highest BCUT2D eigenvalue weighted by Crippen LogP contribution is 2.39. The first kappa shape index (κ1) is 17.9. The fourth-order valence-electron chi connectivity index (χ4n) is 3.39. The van der Waals surface area contributed by atoms with Crippen LogP contribution in [-0.4, -0.2) is 33.6 Å². The van der Waals surface area contributed by atoms with Gasteiger partial charge < -0.3 is 14.0 Å². The van der Waals surface area contributed by atoms with E-state index < -0.39 is 0 Å². The third-order valence-electron chi connectivity index (χ3n) is 4.62. The lowest BCUT2D eigenvalue weighted by Gasteiger charge is -2.16. The molecular weight excluding hydrogens is 352 g/mol. The van der Waals surface area contributed by atoms with Gasteiger partial charge in [-0.25, -0.2) is 9.67 Å². The van der Waals surface area contributed by atoms with Crippen LogP contribution in [0.2, 0.25) is 0 Å². The zero-order chi connectivity index (χ0) is 19.5. The zero-order valence-corrected chi connectivity index (χ0v) is 16.2. The van der Waals surface area contributed by atoms with E-state index in [2.05, 4.69) is 33.8 Å². The minimum absolute atomic E-state index is 0.696. The molecule has 1 aromatic carbocycles. The predicted octanol–water partition coefficient (Wildman–Crippen LogP) is 4.11. The summed E-state index contributed by atoms with van der Waals surface area (Å²) in [5, 5.41) is 4.26. The molecule has 0 aliphatic heterocycles. The highest BCUT2D eigenvalue weighted by Gasteiger charge is 2.17. The van der Waals surface area contributed by atoms with E-state index in [4.69, 9.17) is 9.47 Å². The summed E-state index contributed by atoms with van der Waals surface area (Å²) < 4.78 is 15.2. The molecule has 0 aliphatic carbocycles. The van der Waals surface area contributed by atoms with Crippen molar-refractivity contribution in [2.24, 2.45) is 0 Å². The van der Waals surface area contributed by atoms with E-state index in [1.165, 1.54) is 5.56 Å². The molecule has 6 heteroatoms. The first-order valence-corrected chi connectivity index (χ1v) is 9.02. The van der Waals surface area contributed by atoms with Gasteiger partial charge in [0.1, 0.15) is 11.5 Å². The molecule has 0 fully saturated rings. The number of benzene rings is 1. The Morgan fingerprint density at radius 3 is 2.43 bits per heavy atom. The predicted molar refractivity (Wildman–Crippen MR) is 108 cm³/mol. The SMILES string of the molecule is COc1cccc(OC)c1-c1cc(C)cn1Cc1ccnc(-n2cccn2)c1. The quantitative estimate of drug-likeness (QED) is 0.510. The van der Waals surface area contributed by atoms with Crippen LogP contribution >= 0.6 is 0 Å². The van der Waals surface area contributed by atoms with Crippen LogP contribution in [0.5, 0.6) is 11.5 Å². The van der Waals surface area contributed by atoms with E-state index >= 15 is 0 Å². The molecule has 0 bridgehead atoms. The summed E-state index contributed by atoms with van der Waals surface area (Å²) in [5.41, 5.74) is 4.29. The van der Waals surface area contributed by atoms with Gasteiger partial charge in [-0.3, -0.25) is 0 Å². The molecule has 0 radical (unpaired) electrons. The topological polar surface area (TPSA) is 54.1 Å². The van der Waals surface area contributed by atoms with Crippen LogP contribution in [0.4, 0.5) is 0 Å². The molecular formula is C22H22N4O2. The third-order valence-corrected chi connectivity index (χ3v) is 4.62. The Labute approximate surface area is 164 Å². The Morgan fingerprint density at radius 1 is 0.964 bits per heavy atom. The van der Waals surface area contributed by atoms with Crippen molar-refractivity contribution in [3.05, 3.63) is 78.4 Å². The van der Waals surface area contributed by atoms with Crippen molar-refractivity contribution in [1.29, 1.82) is 0 Å². The van der Waals surface area contributed by atoms with Gasteiger partial charge in [-0.05, 0) is 54.4 Å². The van der Waals surface area contributed by atoms with Gasteiger partial charge in [0.15, 0.2) is 5.82 Å². The van der Waals surface area contributed by atoms with Crippen LogP contribution in [0, 0.1) is 6.92 Å². The van der Waals surface area contributed by atoms with Crippen LogP contribution < -0.4 is 9.47 Å². The van der Waals surface area contributed by atoms with Crippen molar-refractivity contribution in [3.8, 4) is 28.6 Å². The van der Waals surface area contributed by atoms with E-state index in [0.29, 0.717) is 6.54 Å². The summed E-state index contributed by atoms with van der Waals surface area (Å²) >= 11 is 0. The maximum Gasteiger partial charge on any atom is 0.153 e. The number of nitrogens with zero attached hydrogens (tertiary/aromatic N) is 4. The lowest BCUT2D eigenvalue weighted by Crippen LogP contribution is -2.04. The molecule has 0 unspecified atom stereocenters. The molecule has 0 saturated carbocycles. The minimum atomic E-state index is 0.696. The number of aryl methyl sites for hydroxylation is 1. The van der Waals surface area contributed by atoms with Crippen LogP contribution in [-0.2, 0) is 6.54 Å². The number of aromatic nitrogens is 4. The van der Waals surface area contributed by atoms with Crippen molar-refractivity contribution < 1.29 is 9.47 Å². The molecule has 142 valence electrons. The monoisotopic (exact) mass is 374 g/mol. The molecule has 3 heterocycles. The molecule has 0 amide bonds. The summed E-state index contributed by atoms with van der Waals surface area (Å²) in [6.45, 7) is 2.78. The average molecular weight is 374 g/mol. The average Bonchev–Trinajstić information content (AvgIpc) is 3.37. The normalized spacial score (nSPS) is 10.8. The minimum Gasteiger partial charge on any atom is -0.496 e. The number of hydrogen-bond acceptors (Lipinski definition) is 4. The number of rotatable bonds is 6. The Bertz CT molecular complexity index is 1060. The standard InChI is InChI=1S/C22H22N4O2/c1-16-12-18(22-19(27-2)6-4-7-20(22)28-3)25(14-16)15-17-8-10-23-21(13-17)26-11-5-9-24-26/h4-14H,15H2,1-3H3. The lowest BCUT2D eigenvalue weighted by atomic mass is 10.1. The first-order chi connectivity index (χ1) is 13.7. The molecule has 28 heavy (non-hydrogen) atoms. The molecule has 0 N–H and O–H groups in total. The Hall–Kier alpha value is -3.54. The molecule has 4 aromatic rings. The van der Waals surface area contributed by atoms with Gasteiger partial charge in [0, 0.05) is 31.3 Å². The maximum atomic E-state index is 5.61. The third kappa shape index (κ3) is 3.36. The van der Waals surface area contributed by atoms with Crippen LogP contribution in [0.1, 0.15) is 11.1 Å². The number of ether oxygens (including phenoxy) is 2. The van der Waals surface area contributed by atoms with Crippen LogP contribution in [0.25, 0.3) is 17.1 Å². The lowest BCUT2D eigenvalue weighted by molar-refractivity contribution is 0.397. The van der Waals surface area contributed by atoms with Crippen LogP contribution in [0.3, 0.4) is 0 Å². The van der Waals surface area contributed by atoms with Gasteiger partial charge in [-0.2, -0.15) is 5.10 Å². The summed E-state index contributed by atoms with van der Waals surface area (Å²) in [5.74, 6) is 2.36. The van der Waals surface area contributed by atoms with E-state index in [0.717, 1.165) is 34.1 Å². The molecule has 0 atom stereocenters. The Kier molecular flexibility index (Phi) is 4.85. The fraction of sp³-hybridized carbons (Fsp3) is 0.182. The smallest absolute Gasteiger partial charge is 0.153 e. The summed E-state index contributed by atoms with van der Waals surface area (Å²) in [4.78, 5) is 4.42. The van der Waals surface area contributed by atoms with Gasteiger partial charge in [-0.15, -0.1) is 0 Å². The van der Waals surface area contributed by atoms with Gasteiger partial charge in [0.2, 0.25) is 0 Å². The van der Waals surface area contributed by atoms with Gasteiger partial charge in [-0.1, -0.05) is 6.07 Å². The van der Waals surface area contributed by atoms with E-state index in [9.17, 15) is 0 Å². The van der Waals surface area contributed by atoms with Crippen molar-refractivity contribution in [2.45, 2.75) is 13.5 Å². The molecule has 6 nitrogen and oxygen atoms in total. The summed E-state index contributed by atoms with van der Waals surface area (Å²) in [6, 6.07) is 13.9. The fourth-order valence-corrected chi connectivity index (χ4v) is 3.39. The van der Waals surface area contributed by atoms with Crippen molar-refractivity contribution in [1.82, 2.24) is 19.3 Å². The van der Waals surface area contributed by atoms with Crippen molar-refractivity contribution in [3.63, 3.8) is 0 Å². The zero-order valence-electron chi connectivity index (χ0n) is 16.2. The second-order valence-corrected chi connectivity index (χ2v) is 6.54. The highest BCUT2D eigenvalue weighted by molar-refractivity contribution is 5.75. The first-order valence-electron chi connectivity index (χ1n) is 9.02. The Morgan fingerprint density at radius 2 is 1.75 bits per heavy atom. The molecule has 0 aliphatic rings. The molecule has 0 spiro atoms. The number of hydrogen-bond donors (Lipinski definition) is 0. The molecule has 0 saturated heterocycles. The summed E-state index contributed by atoms with van der Waals surface area (Å²) in [7, 11) is 3.36. The van der Waals surface area contributed by atoms with Gasteiger partial charge in [0.05, 0.1) is 25.5 Å². The highest BCUT2D eigenvalue weighted by atomic mass is 16.5. The largest absolute Gasteiger partial charge is 0.496 e.